The molecule has 3 heterocycles. The number of amides is 1. The molecular weight excluding hydrogens is 380 g/mol. The molecule has 0 atom stereocenters. The van der Waals surface area contributed by atoms with Gasteiger partial charge in [-0.1, -0.05) is 12.1 Å². The van der Waals surface area contributed by atoms with Gasteiger partial charge in [0.15, 0.2) is 10.3 Å². The minimum Gasteiger partial charge on any atom is -0.378 e. The number of rotatable bonds is 4. The number of nitrogens with zero attached hydrogens (tertiary/aromatic N) is 4. The van der Waals surface area contributed by atoms with Crippen molar-refractivity contribution in [3.63, 3.8) is 0 Å². The minimum absolute atomic E-state index is 0.154. The van der Waals surface area contributed by atoms with Crippen LogP contribution >= 0.6 is 23.1 Å². The van der Waals surface area contributed by atoms with Crippen LogP contribution in [0.3, 0.4) is 0 Å². The first-order chi connectivity index (χ1) is 13.0. The van der Waals surface area contributed by atoms with Gasteiger partial charge in [-0.2, -0.15) is 5.10 Å². The Labute approximate surface area is 164 Å². The number of anilines is 2. The van der Waals surface area contributed by atoms with Crippen molar-refractivity contribution < 1.29 is 4.79 Å². The maximum atomic E-state index is 12.7. The zero-order valence-electron chi connectivity index (χ0n) is 14.6. The second kappa shape index (κ2) is 7.01. The first kappa shape index (κ1) is 17.5. The number of amidine groups is 1. The topological polar surface area (TPSA) is 89.0 Å². The average molecular weight is 397 g/mol. The van der Waals surface area contributed by atoms with Crippen LogP contribution in [0.2, 0.25) is 0 Å². The fourth-order valence-electron chi connectivity index (χ4n) is 2.69. The molecule has 0 aliphatic carbocycles. The summed E-state index contributed by atoms with van der Waals surface area (Å²) in [6, 6.07) is 8.08. The van der Waals surface area contributed by atoms with E-state index in [9.17, 15) is 4.79 Å². The second-order valence-electron chi connectivity index (χ2n) is 6.01. The Bertz CT molecular complexity index is 1020. The Kier molecular flexibility index (Phi) is 4.54. The van der Waals surface area contributed by atoms with Crippen molar-refractivity contribution in [3.8, 4) is 11.3 Å². The lowest BCUT2D eigenvalue weighted by Gasteiger charge is -2.12. The predicted molar refractivity (Wildman–Crippen MR) is 111 cm³/mol. The van der Waals surface area contributed by atoms with Gasteiger partial charge in [0.2, 0.25) is 0 Å². The highest BCUT2D eigenvalue weighted by molar-refractivity contribution is 8.19. The number of thioether (sulfide) groups is 1. The van der Waals surface area contributed by atoms with Gasteiger partial charge in [-0.15, -0.1) is 11.3 Å². The lowest BCUT2D eigenvalue weighted by atomic mass is 10.1. The fourth-order valence-corrected chi connectivity index (χ4v) is 4.23. The molecule has 3 aromatic rings. The number of H-pyrrole nitrogens is 1. The summed E-state index contributed by atoms with van der Waals surface area (Å²) in [5.74, 6) is -0.241. The third-order valence-corrected chi connectivity index (χ3v) is 5.71. The van der Waals surface area contributed by atoms with Gasteiger partial charge in [-0.25, -0.2) is 9.88 Å². The van der Waals surface area contributed by atoms with Crippen LogP contribution in [-0.2, 0) is 4.79 Å². The lowest BCUT2D eigenvalue weighted by Crippen LogP contribution is -2.27. The molecule has 1 amide bonds. The highest BCUT2D eigenvalue weighted by Gasteiger charge is 2.35. The third kappa shape index (κ3) is 3.26. The van der Waals surface area contributed by atoms with Gasteiger partial charge < -0.3 is 4.90 Å². The number of thiazole rings is 1. The van der Waals surface area contributed by atoms with Gasteiger partial charge in [0, 0.05) is 42.5 Å². The van der Waals surface area contributed by atoms with E-state index in [1.165, 1.54) is 16.2 Å². The minimum atomic E-state index is -0.241. The van der Waals surface area contributed by atoms with Gasteiger partial charge in [0.05, 0.1) is 16.8 Å². The summed E-state index contributed by atoms with van der Waals surface area (Å²) < 4.78 is 0. The number of aromatic amines is 1. The molecule has 27 heavy (non-hydrogen) atoms. The van der Waals surface area contributed by atoms with E-state index in [4.69, 9.17) is 5.41 Å². The molecule has 0 unspecified atom stereocenters. The number of aromatic nitrogens is 3. The summed E-state index contributed by atoms with van der Waals surface area (Å²) in [4.78, 5) is 20.7. The number of nitrogens with one attached hydrogen (secondary N) is 2. The Hall–Kier alpha value is -2.91. The molecule has 1 aromatic carbocycles. The monoisotopic (exact) mass is 396 g/mol. The first-order valence-electron chi connectivity index (χ1n) is 8.08. The number of carbonyl (C=O) groups is 1. The van der Waals surface area contributed by atoms with Gasteiger partial charge >= 0.3 is 0 Å². The smallest absolute Gasteiger partial charge is 0.273 e. The second-order valence-corrected chi connectivity index (χ2v) is 7.92. The summed E-state index contributed by atoms with van der Waals surface area (Å²) in [5.41, 5.74) is 3.72. The van der Waals surface area contributed by atoms with E-state index in [0.717, 1.165) is 34.3 Å². The molecule has 0 spiro atoms. The summed E-state index contributed by atoms with van der Waals surface area (Å²) in [7, 11) is 3.99. The summed E-state index contributed by atoms with van der Waals surface area (Å²) in [6.07, 6.45) is 5.08. The molecule has 7 nitrogen and oxygen atoms in total. The molecule has 1 fully saturated rings. The normalized spacial score (nSPS) is 15.8. The fraction of sp³-hybridized carbons (Fsp3) is 0.111. The van der Waals surface area contributed by atoms with Crippen LogP contribution in [0.25, 0.3) is 17.3 Å². The zero-order valence-corrected chi connectivity index (χ0v) is 16.3. The number of hydrogen-bond donors (Lipinski definition) is 2. The summed E-state index contributed by atoms with van der Waals surface area (Å²) in [5, 5.41) is 17.7. The predicted octanol–water partition coefficient (Wildman–Crippen LogP) is 3.65. The molecule has 0 bridgehead atoms. The van der Waals surface area contributed by atoms with Crippen LogP contribution in [0.1, 0.15) is 5.56 Å². The molecule has 4 rings (SSSR count). The molecule has 0 radical (unpaired) electrons. The summed E-state index contributed by atoms with van der Waals surface area (Å²) in [6.45, 7) is 0. The SMILES string of the molecule is CN(C)c1ccc(-c2[nH]ncc2C=C2SC(=N)N(c3nccs3)C2=O)cc1. The molecular formula is C18H16N6OS2. The van der Waals surface area contributed by atoms with Crippen LogP contribution < -0.4 is 9.80 Å². The number of benzene rings is 1. The number of hydrogen-bond acceptors (Lipinski definition) is 7. The van der Waals surface area contributed by atoms with E-state index < -0.39 is 0 Å². The van der Waals surface area contributed by atoms with Crippen molar-refractivity contribution in [3.05, 3.63) is 52.5 Å². The Morgan fingerprint density at radius 3 is 2.70 bits per heavy atom. The van der Waals surface area contributed by atoms with E-state index in [0.29, 0.717) is 10.0 Å². The molecule has 1 saturated heterocycles. The van der Waals surface area contributed by atoms with Crippen LogP contribution in [0.15, 0.2) is 46.9 Å². The molecule has 0 saturated carbocycles. The van der Waals surface area contributed by atoms with Crippen LogP contribution in [0, 0.1) is 5.41 Å². The Balaban J connectivity index is 1.65. The van der Waals surface area contributed by atoms with E-state index in [1.807, 2.05) is 43.3 Å². The largest absolute Gasteiger partial charge is 0.378 e. The molecule has 2 aromatic heterocycles. The van der Waals surface area contributed by atoms with E-state index >= 15 is 0 Å². The van der Waals surface area contributed by atoms with Crippen molar-refractivity contribution in [2.45, 2.75) is 0 Å². The summed E-state index contributed by atoms with van der Waals surface area (Å²) >= 11 is 2.46. The standard InChI is InChI=1S/C18H16N6OS2/c1-23(2)13-5-3-11(4-6-13)15-12(10-21-22-15)9-14-16(25)24(17(19)27-14)18-20-7-8-26-18/h3-10,19H,1-2H3,(H,21,22). The average Bonchev–Trinajstić information content (AvgIpc) is 3.37. The molecule has 1 aliphatic heterocycles. The van der Waals surface area contributed by atoms with Crippen LogP contribution in [0.5, 0.6) is 0 Å². The first-order valence-corrected chi connectivity index (χ1v) is 9.77. The maximum Gasteiger partial charge on any atom is 0.273 e. The van der Waals surface area contributed by atoms with Crippen LogP contribution in [-0.4, -0.2) is 40.4 Å². The van der Waals surface area contributed by atoms with Crippen LogP contribution in [0.4, 0.5) is 10.8 Å². The van der Waals surface area contributed by atoms with Gasteiger partial charge in [0.25, 0.3) is 5.91 Å². The molecule has 2 N–H and O–H groups in total. The quantitative estimate of drug-likeness (QED) is 0.657. The van der Waals surface area contributed by atoms with Crippen molar-refractivity contribution >= 4 is 51.1 Å². The number of carbonyl (C=O) groups excluding carboxylic acids is 1. The van der Waals surface area contributed by atoms with Gasteiger partial charge in [-0.3, -0.25) is 15.3 Å². The lowest BCUT2D eigenvalue weighted by molar-refractivity contribution is -0.113. The van der Waals surface area contributed by atoms with Crippen molar-refractivity contribution in [1.82, 2.24) is 15.2 Å². The maximum absolute atomic E-state index is 12.7. The zero-order chi connectivity index (χ0) is 19.0. The van der Waals surface area contributed by atoms with Crippen molar-refractivity contribution in [2.24, 2.45) is 0 Å². The molecule has 9 heteroatoms. The van der Waals surface area contributed by atoms with Gasteiger partial charge in [-0.05, 0) is 30.0 Å². The van der Waals surface area contributed by atoms with E-state index in [2.05, 4.69) is 15.2 Å². The van der Waals surface area contributed by atoms with E-state index in [1.54, 1.807) is 23.8 Å². The highest BCUT2D eigenvalue weighted by Crippen LogP contribution is 2.37. The van der Waals surface area contributed by atoms with Gasteiger partial charge in [0.1, 0.15) is 0 Å². The van der Waals surface area contributed by atoms with Crippen molar-refractivity contribution in [1.29, 1.82) is 5.41 Å². The Morgan fingerprint density at radius 1 is 1.26 bits per heavy atom. The molecule has 1 aliphatic rings. The van der Waals surface area contributed by atoms with Crippen molar-refractivity contribution in [2.75, 3.05) is 23.9 Å². The molecule has 136 valence electrons. The third-order valence-electron chi connectivity index (χ3n) is 4.06. The van der Waals surface area contributed by atoms with E-state index in [-0.39, 0.29) is 11.1 Å². The Morgan fingerprint density at radius 2 is 2.04 bits per heavy atom. The highest BCUT2D eigenvalue weighted by atomic mass is 32.2.